The fourth-order valence-electron chi connectivity index (χ4n) is 2.52. The minimum Gasteiger partial charge on any atom is -0.488 e. The van der Waals surface area contributed by atoms with Crippen LogP contribution in [0.1, 0.15) is 11.1 Å². The molecule has 0 amide bonds. The zero-order valence-electron chi connectivity index (χ0n) is 15.2. The third-order valence-corrected chi connectivity index (χ3v) is 4.38. The quantitative estimate of drug-likeness (QED) is 0.623. The molecule has 0 bridgehead atoms. The highest BCUT2D eigenvalue weighted by atomic mass is 35.5. The van der Waals surface area contributed by atoms with Gasteiger partial charge in [-0.3, -0.25) is 9.36 Å². The molecule has 0 aliphatic carbocycles. The van der Waals surface area contributed by atoms with Crippen LogP contribution in [0.25, 0.3) is 0 Å². The summed E-state index contributed by atoms with van der Waals surface area (Å²) in [5, 5.41) is 18.4. The molecule has 0 aliphatic heterocycles. The average Bonchev–Trinajstić information content (AvgIpc) is 2.73. The number of nitrogens with one attached hydrogen (secondary N) is 1. The lowest BCUT2D eigenvalue weighted by Gasteiger charge is -2.14. The van der Waals surface area contributed by atoms with Crippen molar-refractivity contribution in [2.45, 2.75) is 6.54 Å². The number of ether oxygens (including phenoxy) is 2. The van der Waals surface area contributed by atoms with Gasteiger partial charge in [-0.1, -0.05) is 23.2 Å². The Kier molecular flexibility index (Phi) is 6.43. The summed E-state index contributed by atoms with van der Waals surface area (Å²) in [5.74, 6) is 0.766. The number of aromatic nitrogens is 2. The number of nitriles is 2. The highest BCUT2D eigenvalue weighted by Gasteiger charge is 2.11. The van der Waals surface area contributed by atoms with Crippen LogP contribution in [-0.2, 0) is 6.54 Å². The van der Waals surface area contributed by atoms with Crippen LogP contribution in [0.2, 0.25) is 10.0 Å². The first-order valence-electron chi connectivity index (χ1n) is 8.45. The monoisotopic (exact) mass is 442 g/mol. The number of nitrogens with zero attached hydrogens (tertiary/aromatic N) is 3. The highest BCUT2D eigenvalue weighted by Crippen LogP contribution is 2.34. The number of hydrogen-bond acceptors (Lipinski definition) is 6. The van der Waals surface area contributed by atoms with E-state index in [1.54, 1.807) is 0 Å². The normalized spacial score (nSPS) is 10.1. The maximum Gasteiger partial charge on any atom is 0.328 e. The van der Waals surface area contributed by atoms with Gasteiger partial charge < -0.3 is 14.5 Å². The summed E-state index contributed by atoms with van der Waals surface area (Å²) in [7, 11) is 0. The third-order valence-electron chi connectivity index (χ3n) is 3.89. The summed E-state index contributed by atoms with van der Waals surface area (Å²) in [4.78, 5) is 26.2. The largest absolute Gasteiger partial charge is 0.488 e. The van der Waals surface area contributed by atoms with Gasteiger partial charge in [0.2, 0.25) is 0 Å². The molecular formula is C20H12Cl2N4O4. The van der Waals surface area contributed by atoms with Crippen LogP contribution in [-0.4, -0.2) is 16.2 Å². The van der Waals surface area contributed by atoms with Crippen LogP contribution in [0.5, 0.6) is 17.2 Å². The van der Waals surface area contributed by atoms with Gasteiger partial charge in [-0.15, -0.1) is 0 Å². The van der Waals surface area contributed by atoms with Crippen LogP contribution in [0, 0.1) is 22.7 Å². The van der Waals surface area contributed by atoms with Gasteiger partial charge in [0, 0.05) is 17.3 Å². The van der Waals surface area contributed by atoms with Crippen molar-refractivity contribution in [1.82, 2.24) is 9.55 Å². The Morgan fingerprint density at radius 3 is 2.50 bits per heavy atom. The Morgan fingerprint density at radius 2 is 1.77 bits per heavy atom. The summed E-state index contributed by atoms with van der Waals surface area (Å²) in [5.41, 5.74) is -0.639. The van der Waals surface area contributed by atoms with Crippen molar-refractivity contribution in [1.29, 1.82) is 10.5 Å². The molecule has 0 unspecified atom stereocenters. The van der Waals surface area contributed by atoms with Gasteiger partial charge in [0.1, 0.15) is 17.4 Å². The smallest absolute Gasteiger partial charge is 0.328 e. The van der Waals surface area contributed by atoms with Crippen molar-refractivity contribution in [3.63, 3.8) is 0 Å². The number of rotatable bonds is 6. The Hall–Kier alpha value is -3.72. The van der Waals surface area contributed by atoms with Crippen LogP contribution in [0.4, 0.5) is 0 Å². The number of hydrogen-bond donors (Lipinski definition) is 1. The second kappa shape index (κ2) is 9.19. The van der Waals surface area contributed by atoms with Crippen LogP contribution in [0.3, 0.4) is 0 Å². The number of H-pyrrole nitrogens is 1. The predicted molar refractivity (Wildman–Crippen MR) is 109 cm³/mol. The van der Waals surface area contributed by atoms with E-state index >= 15 is 0 Å². The minimum absolute atomic E-state index is 0.0758. The van der Waals surface area contributed by atoms with E-state index in [1.807, 2.05) is 12.1 Å². The lowest BCUT2D eigenvalue weighted by molar-refractivity contribution is 0.281. The van der Waals surface area contributed by atoms with Crippen molar-refractivity contribution in [2.24, 2.45) is 0 Å². The molecule has 8 nitrogen and oxygen atoms in total. The first-order valence-corrected chi connectivity index (χ1v) is 9.20. The topological polar surface area (TPSA) is 121 Å². The van der Waals surface area contributed by atoms with E-state index < -0.39 is 11.2 Å². The molecule has 1 aromatic heterocycles. The number of halogens is 2. The van der Waals surface area contributed by atoms with E-state index in [4.69, 9.17) is 43.2 Å². The van der Waals surface area contributed by atoms with Gasteiger partial charge >= 0.3 is 5.69 Å². The van der Waals surface area contributed by atoms with E-state index in [0.29, 0.717) is 21.9 Å². The van der Waals surface area contributed by atoms with E-state index in [2.05, 4.69) is 4.98 Å². The fraction of sp³-hybridized carbons (Fsp3) is 0.100. The molecule has 10 heteroatoms. The zero-order valence-corrected chi connectivity index (χ0v) is 16.7. The molecule has 3 aromatic rings. The molecule has 0 radical (unpaired) electrons. The first kappa shape index (κ1) is 21.0. The van der Waals surface area contributed by atoms with Gasteiger partial charge in [0.05, 0.1) is 29.8 Å². The van der Waals surface area contributed by atoms with Gasteiger partial charge in [0.25, 0.3) is 5.56 Å². The van der Waals surface area contributed by atoms with Crippen LogP contribution >= 0.6 is 23.2 Å². The molecule has 1 N–H and O–H groups in total. The molecule has 2 aromatic carbocycles. The SMILES string of the molecule is N#Cc1cc(Cl)cc(Oc2ccc(C#N)cc2OCCn2c(=O)[nH]cc(Cl)c2=O)c1. The standard InChI is InChI=1S/C20H12Cl2N4O4/c21-14-5-13(10-24)6-15(8-14)30-17-2-1-12(9-23)7-18(17)29-4-3-26-19(27)16(22)11-25-20(26)28/h1-2,5-8,11H,3-4H2,(H,25,28). The summed E-state index contributed by atoms with van der Waals surface area (Å²) in [6.45, 7) is -0.158. The zero-order chi connectivity index (χ0) is 21.7. The molecule has 0 saturated heterocycles. The molecule has 0 atom stereocenters. The number of benzene rings is 2. The summed E-state index contributed by atoms with van der Waals surface area (Å²) in [6.07, 6.45) is 1.12. The molecule has 0 spiro atoms. The first-order chi connectivity index (χ1) is 14.4. The van der Waals surface area contributed by atoms with Crippen molar-refractivity contribution in [2.75, 3.05) is 6.61 Å². The highest BCUT2D eigenvalue weighted by molar-refractivity contribution is 6.30. The number of aromatic amines is 1. The van der Waals surface area contributed by atoms with Crippen LogP contribution < -0.4 is 20.7 Å². The maximum absolute atomic E-state index is 12.0. The Bertz CT molecular complexity index is 1300. The van der Waals surface area contributed by atoms with Gasteiger partial charge in [0.15, 0.2) is 11.5 Å². The third kappa shape index (κ3) is 4.81. The summed E-state index contributed by atoms with van der Waals surface area (Å²) >= 11 is 11.7. The molecule has 3 rings (SSSR count). The fourth-order valence-corrected chi connectivity index (χ4v) is 2.91. The second-order valence-electron chi connectivity index (χ2n) is 5.91. The van der Waals surface area contributed by atoms with Crippen molar-refractivity contribution in [3.8, 4) is 29.4 Å². The molecule has 0 aliphatic rings. The summed E-state index contributed by atoms with van der Waals surface area (Å²) in [6, 6.07) is 13.0. The average molecular weight is 443 g/mol. The molecular weight excluding hydrogens is 431 g/mol. The van der Waals surface area contributed by atoms with E-state index in [9.17, 15) is 9.59 Å². The van der Waals surface area contributed by atoms with Gasteiger partial charge in [-0.2, -0.15) is 10.5 Å². The van der Waals surface area contributed by atoms with Gasteiger partial charge in [-0.25, -0.2) is 4.79 Å². The molecule has 150 valence electrons. The Balaban J connectivity index is 1.84. The molecule has 0 saturated carbocycles. The van der Waals surface area contributed by atoms with Crippen molar-refractivity contribution >= 4 is 23.2 Å². The predicted octanol–water partition coefficient (Wildman–Crippen LogP) is 3.46. The molecule has 0 fully saturated rings. The van der Waals surface area contributed by atoms with E-state index in [1.165, 1.54) is 36.4 Å². The van der Waals surface area contributed by atoms with Gasteiger partial charge in [-0.05, 0) is 30.3 Å². The molecule has 1 heterocycles. The van der Waals surface area contributed by atoms with E-state index in [-0.39, 0.29) is 29.7 Å². The Labute approximate surface area is 180 Å². The second-order valence-corrected chi connectivity index (χ2v) is 6.75. The Morgan fingerprint density at radius 1 is 1.00 bits per heavy atom. The lowest BCUT2D eigenvalue weighted by atomic mass is 10.2. The molecule has 30 heavy (non-hydrogen) atoms. The summed E-state index contributed by atoms with van der Waals surface area (Å²) < 4.78 is 12.3. The van der Waals surface area contributed by atoms with Crippen molar-refractivity contribution < 1.29 is 9.47 Å². The van der Waals surface area contributed by atoms with Crippen LogP contribution in [0.15, 0.2) is 52.2 Å². The van der Waals surface area contributed by atoms with E-state index in [0.717, 1.165) is 10.8 Å². The minimum atomic E-state index is -0.644. The van der Waals surface area contributed by atoms with Crippen molar-refractivity contribution in [3.05, 3.63) is 84.6 Å². The lowest BCUT2D eigenvalue weighted by Crippen LogP contribution is -2.36. The maximum atomic E-state index is 12.0.